The van der Waals surface area contributed by atoms with E-state index in [1.54, 1.807) is 24.3 Å². The average Bonchev–Trinajstić information content (AvgIpc) is 2.56. The number of alkyl halides is 3. The summed E-state index contributed by atoms with van der Waals surface area (Å²) in [5.74, 6) is 0.173. The maximum atomic E-state index is 14.1. The van der Waals surface area contributed by atoms with Crippen LogP contribution in [0.5, 0.6) is 0 Å². The van der Waals surface area contributed by atoms with Gasteiger partial charge in [0.05, 0.1) is 15.1 Å². The molecule has 2 aromatic rings. The number of halogens is 6. The third-order valence-electron chi connectivity index (χ3n) is 3.67. The summed E-state index contributed by atoms with van der Waals surface area (Å²) in [5.41, 5.74) is 0.747. The van der Waals surface area contributed by atoms with E-state index in [0.29, 0.717) is 0 Å². The van der Waals surface area contributed by atoms with Crippen molar-refractivity contribution in [3.63, 3.8) is 0 Å². The highest BCUT2D eigenvalue weighted by Gasteiger charge is 2.55. The Labute approximate surface area is 164 Å². The summed E-state index contributed by atoms with van der Waals surface area (Å²) in [6.07, 6.45) is -3.61. The molecule has 0 heterocycles. The molecule has 0 saturated carbocycles. The molecule has 0 saturated heterocycles. The van der Waals surface area contributed by atoms with Gasteiger partial charge in [-0.05, 0) is 29.7 Å². The SMILES string of the molecule is C=CCC(SCc1ccccc1)(c1cc(Cl)c(Cl)c(Cl)c1)C(F)(F)F. The molecule has 7 heteroatoms. The van der Waals surface area contributed by atoms with Gasteiger partial charge in [-0.1, -0.05) is 71.2 Å². The van der Waals surface area contributed by atoms with Crippen LogP contribution in [0.1, 0.15) is 17.5 Å². The highest BCUT2D eigenvalue weighted by Crippen LogP contribution is 2.54. The van der Waals surface area contributed by atoms with Crippen molar-refractivity contribution < 1.29 is 13.2 Å². The van der Waals surface area contributed by atoms with Crippen LogP contribution in [0.4, 0.5) is 13.2 Å². The van der Waals surface area contributed by atoms with Crippen LogP contribution < -0.4 is 0 Å². The zero-order valence-corrected chi connectivity index (χ0v) is 16.0. The number of benzene rings is 2. The Morgan fingerprint density at radius 2 is 1.56 bits per heavy atom. The van der Waals surface area contributed by atoms with Crippen LogP contribution in [0.15, 0.2) is 55.1 Å². The van der Waals surface area contributed by atoms with Gasteiger partial charge in [-0.2, -0.15) is 13.2 Å². The Balaban J connectivity index is 2.53. The first-order chi connectivity index (χ1) is 11.7. The van der Waals surface area contributed by atoms with Gasteiger partial charge in [0, 0.05) is 5.75 Å². The predicted octanol–water partition coefficient (Wildman–Crippen LogP) is 7.91. The van der Waals surface area contributed by atoms with Crippen molar-refractivity contribution in [3.05, 3.63) is 81.3 Å². The molecular weight excluding hydrogens is 412 g/mol. The summed E-state index contributed by atoms with van der Waals surface area (Å²) in [6.45, 7) is 3.50. The number of rotatable bonds is 6. The highest BCUT2D eigenvalue weighted by atomic mass is 35.5. The zero-order chi connectivity index (χ0) is 18.7. The second-order valence-corrected chi connectivity index (χ2v) is 7.81. The summed E-state index contributed by atoms with van der Waals surface area (Å²) in [6, 6.07) is 11.4. The first kappa shape index (κ1) is 20.5. The minimum absolute atomic E-state index is 0.0119. The van der Waals surface area contributed by atoms with Gasteiger partial charge in [-0.25, -0.2) is 0 Å². The summed E-state index contributed by atoms with van der Waals surface area (Å²) in [7, 11) is 0. The lowest BCUT2D eigenvalue weighted by molar-refractivity contribution is -0.161. The summed E-state index contributed by atoms with van der Waals surface area (Å²) in [5, 5.41) is 0.0131. The molecule has 0 nitrogen and oxygen atoms in total. The number of hydrogen-bond donors (Lipinski definition) is 0. The van der Waals surface area contributed by atoms with Gasteiger partial charge in [-0.15, -0.1) is 18.3 Å². The van der Waals surface area contributed by atoms with Crippen molar-refractivity contribution in [2.45, 2.75) is 23.1 Å². The smallest absolute Gasteiger partial charge is 0.169 e. The molecule has 0 fully saturated rings. The van der Waals surface area contributed by atoms with Crippen LogP contribution in [-0.4, -0.2) is 6.18 Å². The van der Waals surface area contributed by atoms with E-state index in [0.717, 1.165) is 17.3 Å². The molecular formula is C18H14Cl3F3S. The third-order valence-corrected chi connectivity index (χ3v) is 6.47. The average molecular weight is 426 g/mol. The summed E-state index contributed by atoms with van der Waals surface area (Å²) in [4.78, 5) is 0. The van der Waals surface area contributed by atoms with Crippen molar-refractivity contribution >= 4 is 46.6 Å². The van der Waals surface area contributed by atoms with Gasteiger partial charge in [0.25, 0.3) is 0 Å². The lowest BCUT2D eigenvalue weighted by Crippen LogP contribution is -2.39. The van der Waals surface area contributed by atoms with E-state index >= 15 is 0 Å². The Kier molecular flexibility index (Phi) is 6.77. The van der Waals surface area contributed by atoms with Crippen LogP contribution in [0.25, 0.3) is 0 Å². The van der Waals surface area contributed by atoms with E-state index in [1.807, 2.05) is 6.07 Å². The first-order valence-corrected chi connectivity index (χ1v) is 9.34. The lowest BCUT2D eigenvalue weighted by Gasteiger charge is -2.35. The van der Waals surface area contributed by atoms with Crippen molar-refractivity contribution in [2.24, 2.45) is 0 Å². The molecule has 0 aromatic heterocycles. The molecule has 25 heavy (non-hydrogen) atoms. The molecule has 0 bridgehead atoms. The van der Waals surface area contributed by atoms with E-state index in [2.05, 4.69) is 6.58 Å². The fourth-order valence-corrected chi connectivity index (χ4v) is 4.28. The van der Waals surface area contributed by atoms with Gasteiger partial charge in [-0.3, -0.25) is 0 Å². The van der Waals surface area contributed by atoms with Crippen LogP contribution in [0.3, 0.4) is 0 Å². The van der Waals surface area contributed by atoms with Crippen molar-refractivity contribution in [3.8, 4) is 0 Å². The zero-order valence-electron chi connectivity index (χ0n) is 12.9. The van der Waals surface area contributed by atoms with E-state index in [4.69, 9.17) is 34.8 Å². The summed E-state index contributed by atoms with van der Waals surface area (Å²) < 4.78 is 40.2. The second-order valence-electron chi connectivity index (χ2n) is 5.35. The minimum atomic E-state index is -4.54. The Hall–Kier alpha value is -0.810. The fraction of sp³-hybridized carbons (Fsp3) is 0.222. The Morgan fingerprint density at radius 3 is 2.04 bits per heavy atom. The van der Waals surface area contributed by atoms with Crippen LogP contribution in [-0.2, 0) is 10.5 Å². The van der Waals surface area contributed by atoms with Crippen LogP contribution >= 0.6 is 46.6 Å². The Bertz CT molecular complexity index is 724. The van der Waals surface area contributed by atoms with E-state index in [-0.39, 0.29) is 32.8 Å². The molecule has 0 aliphatic rings. The van der Waals surface area contributed by atoms with Gasteiger partial charge in [0.15, 0.2) is 0 Å². The maximum absolute atomic E-state index is 14.1. The van der Waals surface area contributed by atoms with Gasteiger partial charge < -0.3 is 0 Å². The quantitative estimate of drug-likeness (QED) is 0.334. The molecule has 0 amide bonds. The molecule has 1 atom stereocenters. The fourth-order valence-electron chi connectivity index (χ4n) is 2.39. The molecule has 0 aliphatic carbocycles. The van der Waals surface area contributed by atoms with E-state index in [9.17, 15) is 13.2 Å². The number of allylic oxidation sites excluding steroid dienone is 1. The van der Waals surface area contributed by atoms with Crippen molar-refractivity contribution in [2.75, 3.05) is 0 Å². The topological polar surface area (TPSA) is 0 Å². The van der Waals surface area contributed by atoms with E-state index in [1.165, 1.54) is 18.2 Å². The lowest BCUT2D eigenvalue weighted by atomic mass is 9.93. The van der Waals surface area contributed by atoms with Crippen molar-refractivity contribution in [1.29, 1.82) is 0 Å². The predicted molar refractivity (Wildman–Crippen MR) is 102 cm³/mol. The minimum Gasteiger partial charge on any atom is -0.169 e. The van der Waals surface area contributed by atoms with Gasteiger partial charge >= 0.3 is 6.18 Å². The van der Waals surface area contributed by atoms with Crippen LogP contribution in [0.2, 0.25) is 15.1 Å². The molecule has 0 N–H and O–H groups in total. The summed E-state index contributed by atoms with van der Waals surface area (Å²) >= 11 is 18.6. The number of thioether (sulfide) groups is 1. The van der Waals surface area contributed by atoms with Crippen molar-refractivity contribution in [1.82, 2.24) is 0 Å². The molecule has 2 rings (SSSR count). The molecule has 0 radical (unpaired) electrons. The molecule has 0 spiro atoms. The second kappa shape index (κ2) is 8.26. The molecule has 1 unspecified atom stereocenters. The maximum Gasteiger partial charge on any atom is 0.407 e. The highest BCUT2D eigenvalue weighted by molar-refractivity contribution is 7.99. The number of hydrogen-bond acceptors (Lipinski definition) is 1. The molecule has 0 aliphatic heterocycles. The standard InChI is InChI=1S/C18H14Cl3F3S/c1-2-8-17(18(22,23)24,25-11-12-6-4-3-5-7-12)13-9-14(19)16(21)15(20)10-13/h2-7,9-10H,1,8,11H2. The normalized spacial score (nSPS) is 14.2. The third kappa shape index (κ3) is 4.48. The largest absolute Gasteiger partial charge is 0.407 e. The monoisotopic (exact) mass is 424 g/mol. The van der Waals surface area contributed by atoms with Gasteiger partial charge in [0.2, 0.25) is 0 Å². The van der Waals surface area contributed by atoms with E-state index < -0.39 is 10.9 Å². The first-order valence-electron chi connectivity index (χ1n) is 7.22. The van der Waals surface area contributed by atoms with Gasteiger partial charge in [0.1, 0.15) is 4.75 Å². The van der Waals surface area contributed by atoms with Crippen LogP contribution in [0, 0.1) is 0 Å². The molecule has 2 aromatic carbocycles. The molecule has 134 valence electrons. The Morgan fingerprint density at radius 1 is 1.00 bits per heavy atom.